The molecule has 49 heavy (non-hydrogen) atoms. The zero-order valence-corrected chi connectivity index (χ0v) is 30.3. The summed E-state index contributed by atoms with van der Waals surface area (Å²) in [5, 5.41) is 58.7. The molecule has 0 unspecified atom stereocenters. The molecule has 0 amide bonds. The van der Waals surface area contributed by atoms with Gasteiger partial charge in [-0.3, -0.25) is 4.79 Å². The van der Waals surface area contributed by atoms with Gasteiger partial charge in [0.15, 0.2) is 5.78 Å². The van der Waals surface area contributed by atoms with Crippen LogP contribution in [0.15, 0.2) is 33.9 Å². The van der Waals surface area contributed by atoms with Crippen molar-refractivity contribution >= 4 is 5.78 Å². The Morgan fingerprint density at radius 3 is 2.33 bits per heavy atom. The number of rotatable bonds is 3. The van der Waals surface area contributed by atoms with Crippen molar-refractivity contribution in [1.29, 1.82) is 0 Å². The lowest BCUT2D eigenvalue weighted by atomic mass is 9.44. The number of ketones is 1. The van der Waals surface area contributed by atoms with Crippen LogP contribution in [0.25, 0.3) is 0 Å². The molecule has 0 bridgehead atoms. The molecular formula is C43H62O6. The van der Waals surface area contributed by atoms with Gasteiger partial charge in [0.05, 0.1) is 30.5 Å². The molecule has 1 spiro atoms. The first-order valence-electron chi connectivity index (χ1n) is 20.5. The molecule has 0 aromatic carbocycles. The molecule has 6 saturated carbocycles. The minimum atomic E-state index is -1.32. The third-order valence-electron chi connectivity index (χ3n) is 17.5. The van der Waals surface area contributed by atoms with Gasteiger partial charge in [-0.15, -0.1) is 0 Å². The molecule has 0 heterocycles. The molecule has 270 valence electrons. The van der Waals surface area contributed by atoms with Crippen molar-refractivity contribution < 1.29 is 30.3 Å². The van der Waals surface area contributed by atoms with E-state index in [1.165, 1.54) is 64.2 Å². The van der Waals surface area contributed by atoms with E-state index in [9.17, 15) is 30.3 Å². The van der Waals surface area contributed by atoms with Crippen molar-refractivity contribution in [3.63, 3.8) is 0 Å². The minimum absolute atomic E-state index is 0.0133. The van der Waals surface area contributed by atoms with Crippen molar-refractivity contribution in [3.8, 4) is 0 Å². The fourth-order valence-corrected chi connectivity index (χ4v) is 15.7. The first kappa shape index (κ1) is 33.5. The molecule has 6 heteroatoms. The summed E-state index contributed by atoms with van der Waals surface area (Å²) in [5.74, 6) is 0.957. The topological polar surface area (TPSA) is 118 Å². The first-order valence-corrected chi connectivity index (χ1v) is 20.5. The Hall–Kier alpha value is -1.31. The summed E-state index contributed by atoms with van der Waals surface area (Å²) in [4.78, 5) is 13.8. The van der Waals surface area contributed by atoms with Crippen LogP contribution in [0.4, 0.5) is 0 Å². The van der Waals surface area contributed by atoms with Crippen LogP contribution in [-0.2, 0) is 4.79 Å². The molecule has 9 aliphatic rings. The zero-order chi connectivity index (χ0) is 34.2. The molecule has 6 fully saturated rings. The van der Waals surface area contributed by atoms with E-state index >= 15 is 0 Å². The van der Waals surface area contributed by atoms with E-state index in [4.69, 9.17) is 0 Å². The van der Waals surface area contributed by atoms with Crippen LogP contribution < -0.4 is 0 Å². The van der Waals surface area contributed by atoms with E-state index in [0.717, 1.165) is 24.8 Å². The van der Waals surface area contributed by atoms with Crippen LogP contribution in [0.5, 0.6) is 0 Å². The summed E-state index contributed by atoms with van der Waals surface area (Å²) >= 11 is 0. The number of carbonyl (C=O) groups is 1. The predicted octanol–water partition coefficient (Wildman–Crippen LogP) is 6.58. The number of allylic oxidation sites excluding steroid dienone is 3. The maximum Gasteiger partial charge on any atom is 0.159 e. The Morgan fingerprint density at radius 1 is 0.857 bits per heavy atom. The van der Waals surface area contributed by atoms with Gasteiger partial charge in [0.25, 0.3) is 0 Å². The number of fused-ring (bicyclic) bond motifs is 8. The third-order valence-corrected chi connectivity index (χ3v) is 17.5. The minimum Gasteiger partial charge on any atom is -0.396 e. The molecule has 0 aromatic rings. The molecule has 9 aliphatic carbocycles. The Balaban J connectivity index is 1.11. The zero-order valence-electron chi connectivity index (χ0n) is 30.3. The highest BCUT2D eigenvalue weighted by molar-refractivity contribution is 5.95. The van der Waals surface area contributed by atoms with E-state index in [-0.39, 0.29) is 48.4 Å². The molecule has 13 atom stereocenters. The van der Waals surface area contributed by atoms with Gasteiger partial charge in [0, 0.05) is 23.2 Å². The molecule has 0 aromatic heterocycles. The van der Waals surface area contributed by atoms with Crippen LogP contribution in [0.3, 0.4) is 0 Å². The fourth-order valence-electron chi connectivity index (χ4n) is 15.7. The Kier molecular flexibility index (Phi) is 7.76. The van der Waals surface area contributed by atoms with Crippen LogP contribution >= 0.6 is 0 Å². The summed E-state index contributed by atoms with van der Waals surface area (Å²) in [7, 11) is 0. The maximum atomic E-state index is 13.8. The van der Waals surface area contributed by atoms with E-state index in [0.29, 0.717) is 42.4 Å². The highest BCUT2D eigenvalue weighted by Gasteiger charge is 2.70. The summed E-state index contributed by atoms with van der Waals surface area (Å²) in [5.41, 5.74) is 5.13. The Morgan fingerprint density at radius 2 is 1.59 bits per heavy atom. The molecule has 0 radical (unpaired) electrons. The van der Waals surface area contributed by atoms with Gasteiger partial charge < -0.3 is 25.5 Å². The Bertz CT molecular complexity index is 1480. The average Bonchev–Trinajstić information content (AvgIpc) is 3.66. The average molecular weight is 675 g/mol. The third kappa shape index (κ3) is 4.28. The van der Waals surface area contributed by atoms with Gasteiger partial charge in [-0.05, 0) is 148 Å². The van der Waals surface area contributed by atoms with E-state index in [2.05, 4.69) is 20.8 Å². The molecule has 6 nitrogen and oxygen atoms in total. The molecule has 9 rings (SSSR count). The number of hydrogen-bond acceptors (Lipinski definition) is 6. The molecule has 0 aliphatic heterocycles. The van der Waals surface area contributed by atoms with Crippen molar-refractivity contribution in [2.24, 2.45) is 63.6 Å². The molecular weight excluding hydrogens is 612 g/mol. The highest BCUT2D eigenvalue weighted by Crippen LogP contribution is 2.71. The summed E-state index contributed by atoms with van der Waals surface area (Å²) in [6.07, 6.45) is 16.4. The number of aliphatic hydroxyl groups excluding tert-OH is 4. The SMILES string of the molecule is CC(C)C1=C2CCCC3(CCCC3)[C@H]2C2=C3[C@H](CCC2)C[C@@H]([C@H]2CC[C@@]4(O)C5=CC(=O)[C@@H]6C[C@@H](O)[C@@H](O)C[C@]6(C)[C@H]5CC[C@]24CO)[C@H](O)[C@@H]13. The van der Waals surface area contributed by atoms with Crippen molar-refractivity contribution in [1.82, 2.24) is 0 Å². The van der Waals surface area contributed by atoms with Crippen LogP contribution in [0.1, 0.15) is 130 Å². The number of hydrogen-bond donors (Lipinski definition) is 5. The van der Waals surface area contributed by atoms with Gasteiger partial charge in [-0.2, -0.15) is 0 Å². The normalized spacial score (nSPS) is 50.1. The second-order valence-electron chi connectivity index (χ2n) is 19.5. The van der Waals surface area contributed by atoms with Gasteiger partial charge in [-0.25, -0.2) is 0 Å². The highest BCUT2D eigenvalue weighted by atomic mass is 16.3. The second kappa shape index (κ2) is 11.3. The first-order chi connectivity index (χ1) is 23.4. The summed E-state index contributed by atoms with van der Waals surface area (Å²) in [6, 6.07) is 0. The lowest BCUT2D eigenvalue weighted by Gasteiger charge is -2.61. The lowest BCUT2D eigenvalue weighted by molar-refractivity contribution is -0.166. The quantitative estimate of drug-likeness (QED) is 0.216. The van der Waals surface area contributed by atoms with Crippen LogP contribution in [-0.4, -0.2) is 61.8 Å². The van der Waals surface area contributed by atoms with E-state index < -0.39 is 34.7 Å². The van der Waals surface area contributed by atoms with Gasteiger partial charge in [-0.1, -0.05) is 55.9 Å². The van der Waals surface area contributed by atoms with Crippen LogP contribution in [0.2, 0.25) is 0 Å². The predicted molar refractivity (Wildman–Crippen MR) is 188 cm³/mol. The Labute approximate surface area is 293 Å². The van der Waals surface area contributed by atoms with Crippen molar-refractivity contribution in [2.75, 3.05) is 6.61 Å². The molecule has 5 N–H and O–H groups in total. The number of aliphatic hydroxyl groups is 5. The summed E-state index contributed by atoms with van der Waals surface area (Å²) < 4.78 is 0. The molecule has 0 saturated heterocycles. The standard InChI is InChI=1S/C43H62O6/c1-23(2)35-25-10-7-15-41(13-4-5-14-41)38(25)26-9-6-8-24-18-27(39(48)37(35)36(24)26)28-12-17-43(49)30-19-32(45)31-20-33(46)34(47)21-40(31,3)29(30)11-16-42(28,43)22-44/h19,23-24,27-29,31,33-34,37-39,44,46-49H,4-18,20-22H2,1-3H3/t24-,27+,28-,29+,31+,33-,34+,37+,38-,39+,40-,42+,43-/m1/s1. The van der Waals surface area contributed by atoms with Crippen molar-refractivity contribution in [3.05, 3.63) is 33.9 Å². The van der Waals surface area contributed by atoms with Crippen LogP contribution in [0, 0.1) is 63.6 Å². The van der Waals surface area contributed by atoms with E-state index in [1.807, 2.05) is 0 Å². The number of carbonyl (C=O) groups excluding carboxylic acids is 1. The van der Waals surface area contributed by atoms with E-state index in [1.54, 1.807) is 28.4 Å². The maximum absolute atomic E-state index is 13.8. The largest absolute Gasteiger partial charge is 0.396 e. The smallest absolute Gasteiger partial charge is 0.159 e. The second-order valence-corrected chi connectivity index (χ2v) is 19.5. The van der Waals surface area contributed by atoms with Gasteiger partial charge >= 0.3 is 0 Å². The monoisotopic (exact) mass is 674 g/mol. The van der Waals surface area contributed by atoms with Gasteiger partial charge in [0.2, 0.25) is 0 Å². The summed E-state index contributed by atoms with van der Waals surface area (Å²) in [6.45, 7) is 6.66. The van der Waals surface area contributed by atoms with Gasteiger partial charge in [0.1, 0.15) is 0 Å². The fraction of sp³-hybridized carbons (Fsp3) is 0.837. The lowest BCUT2D eigenvalue weighted by Crippen LogP contribution is -2.63. The van der Waals surface area contributed by atoms with Crippen molar-refractivity contribution in [2.45, 2.75) is 154 Å².